The summed E-state index contributed by atoms with van der Waals surface area (Å²) >= 11 is 0. The number of hydrogen-bond donors (Lipinski definition) is 3. The molecule has 49 heavy (non-hydrogen) atoms. The lowest BCUT2D eigenvalue weighted by Gasteiger charge is -2.72. The predicted molar refractivity (Wildman–Crippen MR) is 199 cm³/mol. The second-order valence-corrected chi connectivity index (χ2v) is 19.6. The van der Waals surface area contributed by atoms with E-state index in [1.54, 1.807) is 0 Å². The Morgan fingerprint density at radius 3 is 2.24 bits per heavy atom. The van der Waals surface area contributed by atoms with E-state index in [2.05, 4.69) is 79.4 Å². The third kappa shape index (κ3) is 5.42. The van der Waals surface area contributed by atoms with Crippen molar-refractivity contribution in [3.63, 3.8) is 0 Å². The van der Waals surface area contributed by atoms with E-state index < -0.39 is 23.7 Å². The standard InChI is InChI=1S/C44H70FNO3/c1-10-43(49,11-2)26-27-46-44-23-16-31(29(3)4)36(44)33-12-13-35-39(7)19-17-32(30-14-21-42(28-45,22-15-30)37(47)48)38(5,6)34(39)18-20-41(35,9)40(33,8)24-25-44/h14,17,31,33-36,46,49H,3,10-13,15-16,18-28H2,1-2,4-9H3,(H,47,48). The van der Waals surface area contributed by atoms with Crippen molar-refractivity contribution in [2.45, 2.75) is 163 Å². The highest BCUT2D eigenvalue weighted by molar-refractivity contribution is 5.75. The van der Waals surface area contributed by atoms with Crippen molar-refractivity contribution in [1.29, 1.82) is 0 Å². The molecule has 4 nitrogen and oxygen atoms in total. The summed E-state index contributed by atoms with van der Waals surface area (Å²) in [5.41, 5.74) is 3.16. The van der Waals surface area contributed by atoms with Crippen LogP contribution in [0.4, 0.5) is 4.39 Å². The zero-order chi connectivity index (χ0) is 35.8. The van der Waals surface area contributed by atoms with Crippen LogP contribution in [-0.2, 0) is 4.79 Å². The van der Waals surface area contributed by atoms with Crippen LogP contribution >= 0.6 is 0 Å². The molecular formula is C44H70FNO3. The van der Waals surface area contributed by atoms with Gasteiger partial charge in [0, 0.05) is 5.54 Å². The number of nitrogens with one attached hydrogen (secondary N) is 1. The SMILES string of the molecule is C=C(C)C1CCC2(NCCC(O)(CC)CC)CCC3(C)C(CCC4C5(C)CC=C(C6=CCC(CF)(C(=O)O)CC6)C(C)(C)C5CCC43C)C12. The first-order chi connectivity index (χ1) is 22.9. The Labute approximate surface area is 298 Å². The van der Waals surface area contributed by atoms with Crippen LogP contribution in [0.15, 0.2) is 35.5 Å². The Hall–Kier alpha value is -1.46. The lowest BCUT2D eigenvalue weighted by Crippen LogP contribution is -2.68. The van der Waals surface area contributed by atoms with Crippen LogP contribution in [0.1, 0.15) is 152 Å². The highest BCUT2D eigenvalue weighted by Gasteiger charge is 2.70. The normalized spacial score (nSPS) is 44.5. The molecule has 0 aromatic rings. The van der Waals surface area contributed by atoms with E-state index in [1.165, 1.54) is 68.1 Å². The van der Waals surface area contributed by atoms with Gasteiger partial charge in [-0.3, -0.25) is 4.79 Å². The lowest BCUT2D eigenvalue weighted by atomic mass is 9.33. The first-order valence-electron chi connectivity index (χ1n) is 20.2. The Kier molecular flexibility index (Phi) is 9.59. The summed E-state index contributed by atoms with van der Waals surface area (Å²) in [6.45, 7) is 24.2. The smallest absolute Gasteiger partial charge is 0.312 e. The summed E-state index contributed by atoms with van der Waals surface area (Å²) in [5.74, 6) is 2.10. The van der Waals surface area contributed by atoms with Crippen molar-refractivity contribution >= 4 is 5.97 Å². The van der Waals surface area contributed by atoms with Crippen LogP contribution in [0.25, 0.3) is 0 Å². The van der Waals surface area contributed by atoms with Gasteiger partial charge in [0.2, 0.25) is 0 Å². The number of aliphatic carboxylic acids is 1. The Morgan fingerprint density at radius 2 is 1.65 bits per heavy atom. The Bertz CT molecular complexity index is 1380. The second-order valence-electron chi connectivity index (χ2n) is 19.6. The van der Waals surface area contributed by atoms with Gasteiger partial charge in [-0.05, 0) is 172 Å². The Balaban J connectivity index is 1.28. The highest BCUT2D eigenvalue weighted by Crippen LogP contribution is 2.76. The maximum Gasteiger partial charge on any atom is 0.312 e. The van der Waals surface area contributed by atoms with Gasteiger partial charge < -0.3 is 15.5 Å². The molecule has 0 aromatic heterocycles. The van der Waals surface area contributed by atoms with Gasteiger partial charge in [0.25, 0.3) is 0 Å². The number of hydrogen-bond acceptors (Lipinski definition) is 3. The van der Waals surface area contributed by atoms with Gasteiger partial charge in [-0.25, -0.2) is 4.39 Å². The summed E-state index contributed by atoms with van der Waals surface area (Å²) in [6.07, 6.45) is 19.6. The molecule has 10 atom stereocenters. The van der Waals surface area contributed by atoms with E-state index in [0.717, 1.165) is 32.2 Å². The number of carbonyl (C=O) groups is 1. The first-order valence-corrected chi connectivity index (χ1v) is 20.2. The molecule has 4 fully saturated rings. The molecule has 0 heterocycles. The van der Waals surface area contributed by atoms with Crippen LogP contribution in [-0.4, -0.2) is 40.5 Å². The summed E-state index contributed by atoms with van der Waals surface area (Å²) < 4.78 is 14.0. The minimum Gasteiger partial charge on any atom is -0.481 e. The largest absolute Gasteiger partial charge is 0.481 e. The number of carboxylic acid groups (broad SMARTS) is 1. The molecule has 0 saturated heterocycles. The van der Waals surface area contributed by atoms with Gasteiger partial charge in [0.05, 0.1) is 11.0 Å². The fourth-order valence-electron chi connectivity index (χ4n) is 14.3. The monoisotopic (exact) mass is 680 g/mol. The van der Waals surface area contributed by atoms with Crippen LogP contribution in [0.2, 0.25) is 0 Å². The average Bonchev–Trinajstić information content (AvgIpc) is 3.45. The highest BCUT2D eigenvalue weighted by atomic mass is 19.1. The molecule has 0 bridgehead atoms. The van der Waals surface area contributed by atoms with Crippen molar-refractivity contribution in [2.24, 2.45) is 56.7 Å². The molecule has 4 saturated carbocycles. The topological polar surface area (TPSA) is 69.6 Å². The maximum absolute atomic E-state index is 14.0. The molecule has 5 heteroatoms. The maximum atomic E-state index is 14.0. The van der Waals surface area contributed by atoms with Crippen molar-refractivity contribution in [3.8, 4) is 0 Å². The zero-order valence-corrected chi connectivity index (χ0v) is 32.5. The van der Waals surface area contributed by atoms with Gasteiger partial charge in [-0.2, -0.15) is 0 Å². The zero-order valence-electron chi connectivity index (χ0n) is 32.5. The first kappa shape index (κ1) is 37.3. The quantitative estimate of drug-likeness (QED) is 0.201. The lowest BCUT2D eigenvalue weighted by molar-refractivity contribution is -0.221. The molecular weight excluding hydrogens is 609 g/mol. The molecule has 0 aliphatic heterocycles. The number of rotatable bonds is 10. The summed E-state index contributed by atoms with van der Waals surface area (Å²) in [5, 5.41) is 25.1. The molecule has 6 aliphatic carbocycles. The Morgan fingerprint density at radius 1 is 0.939 bits per heavy atom. The molecule has 0 amide bonds. The van der Waals surface area contributed by atoms with Crippen LogP contribution in [0.3, 0.4) is 0 Å². The van der Waals surface area contributed by atoms with Crippen LogP contribution < -0.4 is 5.32 Å². The van der Waals surface area contributed by atoms with Crippen molar-refractivity contribution < 1.29 is 19.4 Å². The van der Waals surface area contributed by atoms with Gasteiger partial charge in [0.15, 0.2) is 0 Å². The molecule has 0 spiro atoms. The van der Waals surface area contributed by atoms with E-state index in [4.69, 9.17) is 0 Å². The van der Waals surface area contributed by atoms with Crippen LogP contribution in [0, 0.1) is 56.7 Å². The molecule has 6 rings (SSSR count). The number of carboxylic acids is 1. The fourth-order valence-corrected chi connectivity index (χ4v) is 14.3. The number of allylic oxidation sites excluding steroid dienone is 5. The molecule has 3 N–H and O–H groups in total. The van der Waals surface area contributed by atoms with Crippen molar-refractivity contribution in [1.82, 2.24) is 5.32 Å². The fraction of sp³-hybridized carbons (Fsp3) is 0.841. The summed E-state index contributed by atoms with van der Waals surface area (Å²) in [4.78, 5) is 12.0. The predicted octanol–water partition coefficient (Wildman–Crippen LogP) is 10.6. The van der Waals surface area contributed by atoms with Crippen molar-refractivity contribution in [2.75, 3.05) is 13.2 Å². The molecule has 276 valence electrons. The molecule has 0 aromatic carbocycles. The average molecular weight is 680 g/mol. The number of alkyl halides is 1. The van der Waals surface area contributed by atoms with Gasteiger partial charge in [0.1, 0.15) is 6.67 Å². The van der Waals surface area contributed by atoms with E-state index in [-0.39, 0.29) is 27.2 Å². The van der Waals surface area contributed by atoms with E-state index >= 15 is 0 Å². The van der Waals surface area contributed by atoms with Crippen LogP contribution in [0.5, 0.6) is 0 Å². The molecule has 10 unspecified atom stereocenters. The van der Waals surface area contributed by atoms with E-state index in [0.29, 0.717) is 48.9 Å². The van der Waals surface area contributed by atoms with Gasteiger partial charge in [-0.1, -0.05) is 72.8 Å². The second kappa shape index (κ2) is 12.6. The number of fused-ring (bicyclic) bond motifs is 7. The van der Waals surface area contributed by atoms with Crippen molar-refractivity contribution in [3.05, 3.63) is 35.5 Å². The summed E-state index contributed by atoms with van der Waals surface area (Å²) in [6, 6.07) is 0. The van der Waals surface area contributed by atoms with Gasteiger partial charge in [-0.15, -0.1) is 0 Å². The molecule has 6 aliphatic rings. The minimum atomic E-state index is -1.25. The number of aliphatic hydroxyl groups is 1. The van der Waals surface area contributed by atoms with Gasteiger partial charge >= 0.3 is 5.97 Å². The van der Waals surface area contributed by atoms with E-state index in [9.17, 15) is 19.4 Å². The third-order valence-electron chi connectivity index (χ3n) is 17.7. The third-order valence-corrected chi connectivity index (χ3v) is 17.7. The molecule has 0 radical (unpaired) electrons. The number of halogens is 1. The minimum absolute atomic E-state index is 0.00208. The summed E-state index contributed by atoms with van der Waals surface area (Å²) in [7, 11) is 0. The van der Waals surface area contributed by atoms with E-state index in [1.807, 2.05) is 0 Å².